The summed E-state index contributed by atoms with van der Waals surface area (Å²) < 4.78 is 2.13. The zero-order valence-electron chi connectivity index (χ0n) is 2.78. The molecule has 0 atom stereocenters. The van der Waals surface area contributed by atoms with Gasteiger partial charge in [0.1, 0.15) is 0 Å². The monoisotopic (exact) mass is 266 g/mol. The van der Waals surface area contributed by atoms with Crippen molar-refractivity contribution in [2.45, 2.75) is 0 Å². The van der Waals surface area contributed by atoms with E-state index in [1.165, 1.54) is 7.19 Å². The van der Waals surface area contributed by atoms with Crippen LogP contribution in [0, 0.1) is 0 Å². The van der Waals surface area contributed by atoms with Crippen molar-refractivity contribution in [3.63, 3.8) is 0 Å². The van der Waals surface area contributed by atoms with Crippen LogP contribution in [0.1, 0.15) is 0 Å². The van der Waals surface area contributed by atoms with Crippen LogP contribution in [0.5, 0.6) is 0 Å². The van der Waals surface area contributed by atoms with Crippen LogP contribution in [0.15, 0.2) is 10.2 Å². The molecule has 0 heterocycles. The molecule has 0 N–H and O–H groups in total. The first-order chi connectivity index (χ1) is 1.91. The minimum atomic E-state index is -0.0309. The molecule has 0 spiro atoms. The zero-order chi connectivity index (χ0) is 3.41. The molecule has 0 bridgehead atoms. The predicted molar refractivity (Wildman–Crippen MR) is 25.9 cm³/mol. The molecule has 2 heteroatoms. The second kappa shape index (κ2) is 3.88. The molecular formula is C2H6PbSi. The van der Waals surface area contributed by atoms with Crippen molar-refractivity contribution in [1.29, 1.82) is 0 Å². The summed E-state index contributed by atoms with van der Waals surface area (Å²) in [7, 11) is 1.47. The first-order valence-electron chi connectivity index (χ1n) is 1.20. The molecule has 22 valence electrons. The van der Waals surface area contributed by atoms with Crippen LogP contribution in [0.25, 0.3) is 0 Å². The Labute approximate surface area is 40.8 Å². The van der Waals surface area contributed by atoms with E-state index in [0.29, 0.717) is 0 Å². The van der Waals surface area contributed by atoms with Crippen molar-refractivity contribution >= 4 is 30.6 Å². The molecule has 0 aliphatic rings. The maximum absolute atomic E-state index is 3.60. The Morgan fingerprint density at radius 1 is 2.00 bits per heavy atom. The standard InChI is InChI=1S/C2H3.Pb.H3Si/c1-2;;/h1H,2H2;;1H3. The van der Waals surface area contributed by atoms with Gasteiger partial charge in [-0.25, -0.2) is 0 Å². The summed E-state index contributed by atoms with van der Waals surface area (Å²) in [5, 5.41) is 0. The second-order valence-electron chi connectivity index (χ2n) is 0.493. The van der Waals surface area contributed by atoms with Gasteiger partial charge in [-0.15, -0.1) is 0 Å². The third kappa shape index (κ3) is 2.88. The van der Waals surface area contributed by atoms with Gasteiger partial charge in [0.05, 0.1) is 0 Å². The Kier molecular flexibility index (Phi) is 4.73. The van der Waals surface area contributed by atoms with Gasteiger partial charge in [-0.1, -0.05) is 0 Å². The van der Waals surface area contributed by atoms with E-state index in [0.717, 1.165) is 0 Å². The molecule has 0 aromatic carbocycles. The van der Waals surface area contributed by atoms with Gasteiger partial charge in [-0.05, 0) is 0 Å². The molecular weight excluding hydrogens is 259 g/mol. The third-order valence-corrected chi connectivity index (χ3v) is 5.37. The van der Waals surface area contributed by atoms with Gasteiger partial charge in [-0.3, -0.25) is 0 Å². The van der Waals surface area contributed by atoms with Crippen molar-refractivity contribution in [3.05, 3.63) is 10.2 Å². The Morgan fingerprint density at radius 2 is 2.25 bits per heavy atom. The summed E-state index contributed by atoms with van der Waals surface area (Å²) in [5.74, 6) is 0. The average Bonchev–Trinajstić information content (AvgIpc) is 1.37. The van der Waals surface area contributed by atoms with Crippen molar-refractivity contribution in [1.82, 2.24) is 0 Å². The summed E-state index contributed by atoms with van der Waals surface area (Å²) in [4.78, 5) is 0. The molecule has 0 aliphatic carbocycles. The molecule has 0 fully saturated rings. The molecule has 2 radical (unpaired) electrons. The molecule has 0 aromatic heterocycles. The number of hydrogen-bond acceptors (Lipinski definition) is 0. The van der Waals surface area contributed by atoms with Crippen molar-refractivity contribution < 1.29 is 0 Å². The van der Waals surface area contributed by atoms with E-state index in [4.69, 9.17) is 0 Å². The van der Waals surface area contributed by atoms with Crippen LogP contribution >= 0.6 is 0 Å². The van der Waals surface area contributed by atoms with Crippen LogP contribution in [-0.2, 0) is 0 Å². The summed E-state index contributed by atoms with van der Waals surface area (Å²) in [6.07, 6.45) is 0. The van der Waals surface area contributed by atoms with Gasteiger partial charge < -0.3 is 0 Å². The summed E-state index contributed by atoms with van der Waals surface area (Å²) in [6, 6.07) is 0. The van der Waals surface area contributed by atoms with E-state index in [-0.39, 0.29) is 23.4 Å². The van der Waals surface area contributed by atoms with E-state index in [9.17, 15) is 0 Å². The van der Waals surface area contributed by atoms with Gasteiger partial charge in [0, 0.05) is 0 Å². The quantitative estimate of drug-likeness (QED) is 0.540. The third-order valence-electron chi connectivity index (χ3n) is 0.204. The van der Waals surface area contributed by atoms with E-state index >= 15 is 0 Å². The van der Waals surface area contributed by atoms with Gasteiger partial charge in [0.25, 0.3) is 0 Å². The van der Waals surface area contributed by atoms with Gasteiger partial charge in [0.15, 0.2) is 0 Å². The van der Waals surface area contributed by atoms with Crippen LogP contribution < -0.4 is 0 Å². The van der Waals surface area contributed by atoms with E-state index in [1.54, 1.807) is 0 Å². The van der Waals surface area contributed by atoms with Crippen molar-refractivity contribution in [2.24, 2.45) is 0 Å². The Bertz CT molecular complexity index is 20.0. The summed E-state index contributed by atoms with van der Waals surface area (Å²) in [6.45, 7) is 3.60. The first-order valence-corrected chi connectivity index (χ1v) is 16.1. The molecule has 0 saturated heterocycles. The molecule has 0 aromatic rings. The van der Waals surface area contributed by atoms with Crippen LogP contribution in [0.2, 0.25) is 0 Å². The van der Waals surface area contributed by atoms with Crippen molar-refractivity contribution in [3.8, 4) is 0 Å². The molecule has 0 aliphatic heterocycles. The first kappa shape index (κ1) is 4.88. The topological polar surface area (TPSA) is 0 Å². The Balaban J connectivity index is 2.30. The molecule has 0 unspecified atom stereocenters. The molecule has 0 amide bonds. The molecule has 0 nitrogen and oxygen atoms in total. The fraction of sp³-hybridized carbons (Fsp3) is 0. The van der Waals surface area contributed by atoms with Gasteiger partial charge in [-0.2, -0.15) is 0 Å². The van der Waals surface area contributed by atoms with E-state index in [2.05, 4.69) is 10.2 Å². The summed E-state index contributed by atoms with van der Waals surface area (Å²) >= 11 is -0.0309. The van der Waals surface area contributed by atoms with Gasteiger partial charge in [0.2, 0.25) is 0 Å². The van der Waals surface area contributed by atoms with Crippen LogP contribution in [-0.4, -0.2) is 30.6 Å². The van der Waals surface area contributed by atoms with E-state index in [1.807, 2.05) is 0 Å². The van der Waals surface area contributed by atoms with Gasteiger partial charge >= 0.3 is 40.8 Å². The van der Waals surface area contributed by atoms with Crippen molar-refractivity contribution in [2.75, 3.05) is 0 Å². The number of hydrogen-bond donors (Lipinski definition) is 0. The minimum absolute atomic E-state index is 0.0309. The molecule has 0 saturated carbocycles. The maximum atomic E-state index is 3.60. The average molecular weight is 265 g/mol. The fourth-order valence-corrected chi connectivity index (χ4v) is 0. The predicted octanol–water partition coefficient (Wildman–Crippen LogP) is -0.886. The summed E-state index contributed by atoms with van der Waals surface area (Å²) in [5.41, 5.74) is 0. The zero-order valence-corrected chi connectivity index (χ0v) is 8.67. The normalized spacial score (nSPS) is 7.00. The second-order valence-corrected chi connectivity index (χ2v) is 9.39. The van der Waals surface area contributed by atoms with Crippen LogP contribution in [0.4, 0.5) is 0 Å². The van der Waals surface area contributed by atoms with E-state index < -0.39 is 0 Å². The molecule has 0 rings (SSSR count). The Hall–Kier alpha value is 0.879. The van der Waals surface area contributed by atoms with Crippen LogP contribution in [0.3, 0.4) is 0 Å². The molecule has 4 heavy (non-hydrogen) atoms. The Morgan fingerprint density at radius 3 is 2.25 bits per heavy atom. The number of rotatable bonds is 1. The fourth-order valence-electron chi connectivity index (χ4n) is 0. The SMILES string of the molecule is C=[CH][Pb][SiH3].